The molecule has 2 N–H and O–H groups in total. The number of carbonyl (C=O) groups excluding carboxylic acids is 1. The highest BCUT2D eigenvalue weighted by molar-refractivity contribution is 5.81. The van der Waals surface area contributed by atoms with Crippen molar-refractivity contribution in [2.24, 2.45) is 0 Å². The van der Waals surface area contributed by atoms with Gasteiger partial charge in [0.25, 0.3) is 0 Å². The third-order valence-corrected chi connectivity index (χ3v) is 2.85. The Balaban J connectivity index is 2.32. The highest BCUT2D eigenvalue weighted by atomic mass is 16.5. The van der Waals surface area contributed by atoms with Crippen LogP contribution in [0.15, 0.2) is 24.3 Å². The summed E-state index contributed by atoms with van der Waals surface area (Å²) in [6.07, 6.45) is 0. The van der Waals surface area contributed by atoms with E-state index in [4.69, 9.17) is 9.47 Å². The Morgan fingerprint density at radius 3 is 2.60 bits per heavy atom. The van der Waals surface area contributed by atoms with Gasteiger partial charge in [-0.3, -0.25) is 4.79 Å². The Hall–Kier alpha value is -1.59. The second-order valence-corrected chi connectivity index (χ2v) is 4.46. The van der Waals surface area contributed by atoms with Gasteiger partial charge in [-0.15, -0.1) is 0 Å². The summed E-state index contributed by atoms with van der Waals surface area (Å²) in [7, 11) is 1.61. The van der Waals surface area contributed by atoms with Gasteiger partial charge in [0.1, 0.15) is 5.75 Å². The lowest BCUT2D eigenvalue weighted by molar-refractivity contribution is -0.122. The number of methoxy groups -OCH3 is 1. The Morgan fingerprint density at radius 2 is 2.00 bits per heavy atom. The molecule has 5 heteroatoms. The van der Waals surface area contributed by atoms with Crippen molar-refractivity contribution in [2.75, 3.05) is 26.9 Å². The van der Waals surface area contributed by atoms with Crippen molar-refractivity contribution >= 4 is 5.91 Å². The third-order valence-electron chi connectivity index (χ3n) is 2.85. The predicted molar refractivity (Wildman–Crippen MR) is 78.8 cm³/mol. The van der Waals surface area contributed by atoms with Crippen LogP contribution in [-0.4, -0.2) is 38.8 Å². The summed E-state index contributed by atoms with van der Waals surface area (Å²) < 4.78 is 10.3. The number of rotatable bonds is 9. The van der Waals surface area contributed by atoms with Crippen molar-refractivity contribution in [1.82, 2.24) is 10.6 Å². The van der Waals surface area contributed by atoms with E-state index in [0.717, 1.165) is 11.3 Å². The highest BCUT2D eigenvalue weighted by Gasteiger charge is 2.11. The molecule has 0 saturated heterocycles. The summed E-state index contributed by atoms with van der Waals surface area (Å²) in [5.74, 6) is 0.842. The normalized spacial score (nSPS) is 11.9. The molecule has 1 aromatic rings. The van der Waals surface area contributed by atoms with Crippen LogP contribution in [0.25, 0.3) is 0 Å². The van der Waals surface area contributed by atoms with Crippen molar-refractivity contribution in [3.05, 3.63) is 29.8 Å². The summed E-state index contributed by atoms with van der Waals surface area (Å²) in [5.41, 5.74) is 1.12. The molecule has 0 radical (unpaired) electrons. The summed E-state index contributed by atoms with van der Waals surface area (Å²) in [6, 6.07) is 7.62. The van der Waals surface area contributed by atoms with E-state index in [9.17, 15) is 4.79 Å². The minimum absolute atomic E-state index is 0.0204. The smallest absolute Gasteiger partial charge is 0.236 e. The Labute approximate surface area is 120 Å². The van der Waals surface area contributed by atoms with Gasteiger partial charge in [-0.1, -0.05) is 12.1 Å². The quantitative estimate of drug-likeness (QED) is 0.670. The van der Waals surface area contributed by atoms with Crippen molar-refractivity contribution in [3.8, 4) is 5.75 Å². The minimum atomic E-state index is -0.238. The van der Waals surface area contributed by atoms with Crippen molar-refractivity contribution < 1.29 is 14.3 Å². The van der Waals surface area contributed by atoms with Gasteiger partial charge in [-0.2, -0.15) is 0 Å². The molecule has 112 valence electrons. The van der Waals surface area contributed by atoms with Gasteiger partial charge in [0.05, 0.1) is 19.3 Å². The molecule has 1 amide bonds. The SMILES string of the molecule is CCOc1ccc(CNC(C)C(=O)NCCOC)cc1. The molecule has 1 aromatic carbocycles. The summed E-state index contributed by atoms with van der Waals surface area (Å²) in [6.45, 7) is 6.17. The van der Waals surface area contributed by atoms with Gasteiger partial charge < -0.3 is 20.1 Å². The zero-order valence-corrected chi connectivity index (χ0v) is 12.4. The van der Waals surface area contributed by atoms with Gasteiger partial charge in [0.15, 0.2) is 0 Å². The van der Waals surface area contributed by atoms with Crippen LogP contribution in [0.4, 0.5) is 0 Å². The molecule has 0 saturated carbocycles. The lowest BCUT2D eigenvalue weighted by atomic mass is 10.2. The molecule has 20 heavy (non-hydrogen) atoms. The number of nitrogens with one attached hydrogen (secondary N) is 2. The number of benzene rings is 1. The maximum atomic E-state index is 11.7. The van der Waals surface area contributed by atoms with Crippen LogP contribution in [0.5, 0.6) is 5.75 Å². The molecule has 0 aromatic heterocycles. The Bertz CT molecular complexity index is 393. The molecule has 0 aliphatic heterocycles. The van der Waals surface area contributed by atoms with E-state index in [1.165, 1.54) is 0 Å². The molecule has 0 spiro atoms. The van der Waals surface area contributed by atoms with Crippen LogP contribution in [0.3, 0.4) is 0 Å². The largest absolute Gasteiger partial charge is 0.494 e. The first kappa shape index (κ1) is 16.5. The average molecular weight is 280 g/mol. The van der Waals surface area contributed by atoms with E-state index in [2.05, 4.69) is 10.6 Å². The van der Waals surface area contributed by atoms with Crippen LogP contribution < -0.4 is 15.4 Å². The van der Waals surface area contributed by atoms with Crippen LogP contribution in [0.1, 0.15) is 19.4 Å². The second-order valence-electron chi connectivity index (χ2n) is 4.46. The average Bonchev–Trinajstić information content (AvgIpc) is 2.46. The molecule has 0 aliphatic carbocycles. The third kappa shape index (κ3) is 6.04. The second kappa shape index (κ2) is 9.34. The van der Waals surface area contributed by atoms with E-state index in [1.807, 2.05) is 38.1 Å². The van der Waals surface area contributed by atoms with E-state index in [-0.39, 0.29) is 11.9 Å². The zero-order valence-electron chi connectivity index (χ0n) is 12.4. The Kier molecular flexibility index (Phi) is 7.69. The molecule has 0 fully saturated rings. The van der Waals surface area contributed by atoms with E-state index >= 15 is 0 Å². The summed E-state index contributed by atoms with van der Waals surface area (Å²) in [5, 5.41) is 5.98. The van der Waals surface area contributed by atoms with Gasteiger partial charge in [0.2, 0.25) is 5.91 Å². The van der Waals surface area contributed by atoms with Gasteiger partial charge in [-0.05, 0) is 31.5 Å². The molecule has 0 heterocycles. The lowest BCUT2D eigenvalue weighted by Gasteiger charge is -2.14. The molecule has 1 rings (SSSR count). The first-order valence-corrected chi connectivity index (χ1v) is 6.89. The number of amides is 1. The fourth-order valence-corrected chi connectivity index (χ4v) is 1.66. The topological polar surface area (TPSA) is 59.6 Å². The van der Waals surface area contributed by atoms with E-state index in [0.29, 0.717) is 26.3 Å². The molecular weight excluding hydrogens is 256 g/mol. The van der Waals surface area contributed by atoms with Crippen LogP contribution in [0.2, 0.25) is 0 Å². The molecule has 1 atom stereocenters. The summed E-state index contributed by atoms with van der Waals surface area (Å²) in [4.78, 5) is 11.7. The molecular formula is C15H24N2O3. The zero-order chi connectivity index (χ0) is 14.8. The maximum absolute atomic E-state index is 11.7. The molecule has 0 aliphatic rings. The van der Waals surface area contributed by atoms with Crippen molar-refractivity contribution in [3.63, 3.8) is 0 Å². The minimum Gasteiger partial charge on any atom is -0.494 e. The molecule has 0 bridgehead atoms. The number of ether oxygens (including phenoxy) is 2. The van der Waals surface area contributed by atoms with Crippen LogP contribution in [-0.2, 0) is 16.1 Å². The fraction of sp³-hybridized carbons (Fsp3) is 0.533. The maximum Gasteiger partial charge on any atom is 0.236 e. The fourth-order valence-electron chi connectivity index (χ4n) is 1.66. The highest BCUT2D eigenvalue weighted by Crippen LogP contribution is 2.11. The first-order valence-electron chi connectivity index (χ1n) is 6.89. The van der Waals surface area contributed by atoms with E-state index < -0.39 is 0 Å². The molecule has 1 unspecified atom stereocenters. The van der Waals surface area contributed by atoms with Gasteiger partial charge >= 0.3 is 0 Å². The van der Waals surface area contributed by atoms with Crippen LogP contribution >= 0.6 is 0 Å². The van der Waals surface area contributed by atoms with Crippen molar-refractivity contribution in [1.29, 1.82) is 0 Å². The van der Waals surface area contributed by atoms with Crippen molar-refractivity contribution in [2.45, 2.75) is 26.4 Å². The number of hydrogen-bond donors (Lipinski definition) is 2. The lowest BCUT2D eigenvalue weighted by Crippen LogP contribution is -2.42. The standard InChI is InChI=1S/C15H24N2O3/c1-4-20-14-7-5-13(6-8-14)11-17-12(2)15(18)16-9-10-19-3/h5-8,12,17H,4,9-11H2,1-3H3,(H,16,18). The number of carbonyl (C=O) groups is 1. The Morgan fingerprint density at radius 1 is 1.30 bits per heavy atom. The monoisotopic (exact) mass is 280 g/mol. The molecule has 5 nitrogen and oxygen atoms in total. The summed E-state index contributed by atoms with van der Waals surface area (Å²) >= 11 is 0. The van der Waals surface area contributed by atoms with Gasteiger partial charge in [-0.25, -0.2) is 0 Å². The van der Waals surface area contributed by atoms with Gasteiger partial charge in [0, 0.05) is 20.2 Å². The van der Waals surface area contributed by atoms with E-state index in [1.54, 1.807) is 7.11 Å². The van der Waals surface area contributed by atoms with Crippen LogP contribution in [0, 0.1) is 0 Å². The first-order chi connectivity index (χ1) is 9.67. The number of hydrogen-bond acceptors (Lipinski definition) is 4. The predicted octanol–water partition coefficient (Wildman–Crippen LogP) is 1.33.